The summed E-state index contributed by atoms with van der Waals surface area (Å²) in [5.74, 6) is 0.146. The van der Waals surface area contributed by atoms with Crippen molar-refractivity contribution < 1.29 is 14.6 Å². The third-order valence-corrected chi connectivity index (χ3v) is 6.98. The Morgan fingerprint density at radius 1 is 1.03 bits per heavy atom. The number of ether oxygens (including phenoxy) is 1. The maximum atomic E-state index is 11.4. The molecule has 6 rings (SSSR count). The van der Waals surface area contributed by atoms with E-state index in [4.69, 9.17) is 14.8 Å². The number of hydrogen-bond donors (Lipinski definition) is 1. The van der Waals surface area contributed by atoms with Gasteiger partial charge in [-0.1, -0.05) is 30.3 Å². The Bertz CT molecular complexity index is 1680. The predicted octanol–water partition coefficient (Wildman–Crippen LogP) is 4.34. The van der Waals surface area contributed by atoms with Crippen LogP contribution in [0.1, 0.15) is 33.0 Å². The average Bonchev–Trinajstić information content (AvgIpc) is 3.51. The Labute approximate surface area is 219 Å². The standard InChI is InChI=1S/C29H26N6O3/c1-34-16-22(15-31-34)17-4-6-18(7-5-17)28-26-23(33-35(28)2)11-10-21-14-30-25(32-27(21)26)13-19-8-9-20(29(36)37)12-24(19)38-3/h4-9,12,14-16H,10-11,13H2,1-3H3,(H,36,37). The fourth-order valence-electron chi connectivity index (χ4n) is 5.10. The quantitative estimate of drug-likeness (QED) is 0.365. The number of carbonyl (C=O) groups is 1. The third-order valence-electron chi connectivity index (χ3n) is 6.98. The summed E-state index contributed by atoms with van der Waals surface area (Å²) < 4.78 is 9.20. The number of nitrogens with zero attached hydrogens (tertiary/aromatic N) is 6. The minimum absolute atomic E-state index is 0.177. The molecule has 3 aromatic heterocycles. The van der Waals surface area contributed by atoms with Gasteiger partial charge in [0, 0.05) is 55.2 Å². The molecule has 38 heavy (non-hydrogen) atoms. The van der Waals surface area contributed by atoms with Crippen LogP contribution in [0.2, 0.25) is 0 Å². The zero-order valence-corrected chi connectivity index (χ0v) is 21.3. The van der Waals surface area contributed by atoms with Gasteiger partial charge in [0.1, 0.15) is 11.6 Å². The van der Waals surface area contributed by atoms with E-state index in [-0.39, 0.29) is 5.56 Å². The van der Waals surface area contributed by atoms with Crippen molar-refractivity contribution in [1.82, 2.24) is 29.5 Å². The third kappa shape index (κ3) is 4.11. The van der Waals surface area contributed by atoms with Crippen LogP contribution in [0.25, 0.3) is 33.6 Å². The summed E-state index contributed by atoms with van der Waals surface area (Å²) in [7, 11) is 5.42. The number of benzene rings is 2. The number of aryl methyl sites for hydroxylation is 4. The van der Waals surface area contributed by atoms with E-state index in [1.165, 1.54) is 13.2 Å². The van der Waals surface area contributed by atoms with Crippen molar-refractivity contribution in [3.8, 4) is 39.4 Å². The van der Waals surface area contributed by atoms with Gasteiger partial charge in [0.2, 0.25) is 0 Å². The number of carboxylic acids is 1. The first-order chi connectivity index (χ1) is 18.4. The summed E-state index contributed by atoms with van der Waals surface area (Å²) in [6.07, 6.45) is 7.84. The molecule has 0 saturated heterocycles. The zero-order chi connectivity index (χ0) is 26.4. The number of aromatic carboxylic acids is 1. The van der Waals surface area contributed by atoms with Crippen LogP contribution in [0.15, 0.2) is 61.1 Å². The lowest BCUT2D eigenvalue weighted by atomic mass is 9.91. The van der Waals surface area contributed by atoms with E-state index in [9.17, 15) is 9.90 Å². The summed E-state index contributed by atoms with van der Waals surface area (Å²) >= 11 is 0. The summed E-state index contributed by atoms with van der Waals surface area (Å²) in [6, 6.07) is 13.3. The molecule has 3 heterocycles. The second-order valence-electron chi connectivity index (χ2n) is 9.44. The Kier molecular flexibility index (Phi) is 5.75. The topological polar surface area (TPSA) is 108 Å². The number of fused-ring (bicyclic) bond motifs is 3. The molecular weight excluding hydrogens is 480 g/mol. The molecule has 0 bridgehead atoms. The van der Waals surface area contributed by atoms with Gasteiger partial charge < -0.3 is 9.84 Å². The molecule has 5 aromatic rings. The normalized spacial score (nSPS) is 12.2. The van der Waals surface area contributed by atoms with E-state index in [2.05, 4.69) is 34.3 Å². The van der Waals surface area contributed by atoms with Gasteiger partial charge in [-0.3, -0.25) is 9.36 Å². The van der Waals surface area contributed by atoms with Crippen LogP contribution in [-0.2, 0) is 33.4 Å². The molecule has 0 spiro atoms. The van der Waals surface area contributed by atoms with Crippen LogP contribution in [0.5, 0.6) is 5.75 Å². The molecule has 9 nitrogen and oxygen atoms in total. The van der Waals surface area contributed by atoms with Gasteiger partial charge in [0.05, 0.1) is 36.0 Å². The maximum absolute atomic E-state index is 11.4. The summed E-state index contributed by atoms with van der Waals surface area (Å²) in [6.45, 7) is 0. The van der Waals surface area contributed by atoms with Crippen molar-refractivity contribution >= 4 is 5.97 Å². The fraction of sp³-hybridized carbons (Fsp3) is 0.207. The van der Waals surface area contributed by atoms with Crippen LogP contribution in [0, 0.1) is 0 Å². The number of rotatable bonds is 6. The number of aromatic nitrogens is 6. The molecule has 1 aliphatic carbocycles. The van der Waals surface area contributed by atoms with Gasteiger partial charge in [-0.2, -0.15) is 10.2 Å². The molecule has 1 N–H and O–H groups in total. The molecular formula is C29H26N6O3. The number of hydrogen-bond acceptors (Lipinski definition) is 6. The van der Waals surface area contributed by atoms with Gasteiger partial charge in [-0.05, 0) is 36.1 Å². The molecule has 0 unspecified atom stereocenters. The first-order valence-electron chi connectivity index (χ1n) is 12.3. The second-order valence-corrected chi connectivity index (χ2v) is 9.44. The van der Waals surface area contributed by atoms with Crippen LogP contribution in [0.4, 0.5) is 0 Å². The fourth-order valence-corrected chi connectivity index (χ4v) is 5.10. The van der Waals surface area contributed by atoms with Gasteiger partial charge >= 0.3 is 5.97 Å². The molecule has 0 amide bonds. The van der Waals surface area contributed by atoms with Gasteiger partial charge in [0.15, 0.2) is 0 Å². The van der Waals surface area contributed by atoms with E-state index >= 15 is 0 Å². The predicted molar refractivity (Wildman–Crippen MR) is 142 cm³/mol. The second kappa shape index (κ2) is 9.26. The molecule has 0 atom stereocenters. The molecule has 0 aliphatic heterocycles. The van der Waals surface area contributed by atoms with Crippen molar-refractivity contribution in [2.24, 2.45) is 14.1 Å². The largest absolute Gasteiger partial charge is 0.496 e. The highest BCUT2D eigenvalue weighted by Gasteiger charge is 2.27. The van der Waals surface area contributed by atoms with E-state index in [1.54, 1.807) is 16.8 Å². The van der Waals surface area contributed by atoms with Gasteiger partial charge in [0.25, 0.3) is 0 Å². The Morgan fingerprint density at radius 2 is 1.82 bits per heavy atom. The summed E-state index contributed by atoms with van der Waals surface area (Å²) in [5, 5.41) is 18.4. The Morgan fingerprint density at radius 3 is 2.53 bits per heavy atom. The highest BCUT2D eigenvalue weighted by molar-refractivity contribution is 5.88. The SMILES string of the molecule is COc1cc(C(=O)O)ccc1Cc1ncc2c(n1)-c1c(nn(C)c1-c1ccc(-c3cnn(C)c3)cc1)CC2. The van der Waals surface area contributed by atoms with Crippen LogP contribution >= 0.6 is 0 Å². The number of carboxylic acid groups (broad SMARTS) is 1. The van der Waals surface area contributed by atoms with Gasteiger partial charge in [-0.15, -0.1) is 0 Å². The van der Waals surface area contributed by atoms with Crippen molar-refractivity contribution in [2.75, 3.05) is 7.11 Å². The molecule has 1 aliphatic rings. The minimum atomic E-state index is -0.995. The van der Waals surface area contributed by atoms with Crippen molar-refractivity contribution in [3.63, 3.8) is 0 Å². The van der Waals surface area contributed by atoms with Crippen LogP contribution in [0.3, 0.4) is 0 Å². The van der Waals surface area contributed by atoms with Crippen molar-refractivity contribution in [2.45, 2.75) is 19.3 Å². The first kappa shape index (κ1) is 23.6. The molecule has 190 valence electrons. The molecule has 2 aromatic carbocycles. The highest BCUT2D eigenvalue weighted by atomic mass is 16.5. The Balaban J connectivity index is 1.38. The van der Waals surface area contributed by atoms with E-state index in [1.807, 2.05) is 37.4 Å². The van der Waals surface area contributed by atoms with E-state index < -0.39 is 5.97 Å². The lowest BCUT2D eigenvalue weighted by Crippen LogP contribution is -2.09. The first-order valence-corrected chi connectivity index (χ1v) is 12.3. The molecule has 0 saturated carbocycles. The minimum Gasteiger partial charge on any atom is -0.496 e. The van der Waals surface area contributed by atoms with E-state index in [0.29, 0.717) is 18.0 Å². The zero-order valence-electron chi connectivity index (χ0n) is 21.3. The van der Waals surface area contributed by atoms with E-state index in [0.717, 1.165) is 63.3 Å². The van der Waals surface area contributed by atoms with Crippen molar-refractivity contribution in [1.29, 1.82) is 0 Å². The number of methoxy groups -OCH3 is 1. The van der Waals surface area contributed by atoms with Crippen LogP contribution in [-0.4, -0.2) is 47.7 Å². The molecule has 0 fully saturated rings. The highest BCUT2D eigenvalue weighted by Crippen LogP contribution is 2.40. The molecule has 9 heteroatoms. The lowest BCUT2D eigenvalue weighted by Gasteiger charge is -2.17. The van der Waals surface area contributed by atoms with Crippen molar-refractivity contribution in [3.05, 3.63) is 89.3 Å². The average molecular weight is 507 g/mol. The maximum Gasteiger partial charge on any atom is 0.335 e. The smallest absolute Gasteiger partial charge is 0.335 e. The molecule has 0 radical (unpaired) electrons. The summed E-state index contributed by atoms with van der Waals surface area (Å²) in [4.78, 5) is 21.0. The monoisotopic (exact) mass is 506 g/mol. The Hall–Kier alpha value is -4.79. The lowest BCUT2D eigenvalue weighted by molar-refractivity contribution is 0.0696. The summed E-state index contributed by atoms with van der Waals surface area (Å²) in [5.41, 5.74) is 9.32. The van der Waals surface area contributed by atoms with Gasteiger partial charge in [-0.25, -0.2) is 14.8 Å². The van der Waals surface area contributed by atoms with Crippen LogP contribution < -0.4 is 4.74 Å².